The van der Waals surface area contributed by atoms with Gasteiger partial charge in [-0.3, -0.25) is 5.10 Å². The highest BCUT2D eigenvalue weighted by Crippen LogP contribution is 2.52. The monoisotopic (exact) mass is 339 g/mol. The number of ether oxygens (including phenoxy) is 1. The number of hydrogen-bond donors (Lipinski definition) is 2. The summed E-state index contributed by atoms with van der Waals surface area (Å²) in [5.74, 6) is 0.327. The van der Waals surface area contributed by atoms with Crippen LogP contribution >= 0.6 is 0 Å². The average Bonchev–Trinajstić information content (AvgIpc) is 2.98. The number of methoxy groups -OCH3 is 1. The molecule has 1 saturated carbocycles. The molecule has 2 fully saturated rings. The minimum absolute atomic E-state index is 0.158. The molecule has 0 spiro atoms. The topological polar surface area (TPSA) is 49.9 Å². The van der Waals surface area contributed by atoms with E-state index in [1.807, 2.05) is 0 Å². The molecule has 2 heterocycles. The summed E-state index contributed by atoms with van der Waals surface area (Å²) in [5, 5.41) is 9.66. The number of piperidine rings is 1. The number of H-pyrrole nitrogens is 1. The summed E-state index contributed by atoms with van der Waals surface area (Å²) in [6, 6.07) is 5.21. The van der Waals surface area contributed by atoms with Gasteiger partial charge >= 0.3 is 6.18 Å². The van der Waals surface area contributed by atoms with E-state index < -0.39 is 17.5 Å². The molecular formula is C17H20F3N3O. The molecule has 1 aliphatic heterocycles. The van der Waals surface area contributed by atoms with Crippen LogP contribution in [-0.2, 0) is 16.5 Å². The molecule has 2 aliphatic rings. The number of hydrogen-bond acceptors (Lipinski definition) is 3. The van der Waals surface area contributed by atoms with Crippen LogP contribution in [0.2, 0.25) is 0 Å². The van der Waals surface area contributed by atoms with E-state index in [-0.39, 0.29) is 17.2 Å². The van der Waals surface area contributed by atoms with Crippen molar-refractivity contribution < 1.29 is 17.9 Å². The molecule has 0 radical (unpaired) electrons. The summed E-state index contributed by atoms with van der Waals surface area (Å²) in [5.41, 5.74) is -0.499. The molecule has 2 unspecified atom stereocenters. The second-order valence-electron chi connectivity index (χ2n) is 6.78. The maximum Gasteiger partial charge on any atom is 0.435 e. The van der Waals surface area contributed by atoms with Crippen LogP contribution in [0.3, 0.4) is 0 Å². The molecule has 130 valence electrons. The predicted molar refractivity (Wildman–Crippen MR) is 83.5 cm³/mol. The largest absolute Gasteiger partial charge is 0.435 e. The van der Waals surface area contributed by atoms with E-state index in [2.05, 4.69) is 15.5 Å². The fraction of sp³-hybridized carbons (Fsp3) is 0.588. The van der Waals surface area contributed by atoms with Crippen molar-refractivity contribution in [3.63, 3.8) is 0 Å². The van der Waals surface area contributed by atoms with Crippen molar-refractivity contribution in [3.05, 3.63) is 29.5 Å². The predicted octanol–water partition coefficient (Wildman–Crippen LogP) is 3.44. The molecule has 0 amide bonds. The average molecular weight is 339 g/mol. The first kappa shape index (κ1) is 15.9. The lowest BCUT2D eigenvalue weighted by atomic mass is 9.62. The molecule has 24 heavy (non-hydrogen) atoms. The lowest BCUT2D eigenvalue weighted by Crippen LogP contribution is -2.58. The zero-order chi connectivity index (χ0) is 16.9. The van der Waals surface area contributed by atoms with Crippen LogP contribution in [0, 0.1) is 11.8 Å². The quantitative estimate of drug-likeness (QED) is 0.881. The molecule has 1 saturated heterocycles. The van der Waals surface area contributed by atoms with Crippen LogP contribution in [-0.4, -0.2) is 30.4 Å². The Balaban J connectivity index is 1.99. The highest BCUT2D eigenvalue weighted by Gasteiger charge is 2.53. The van der Waals surface area contributed by atoms with Gasteiger partial charge in [0.2, 0.25) is 0 Å². The van der Waals surface area contributed by atoms with Gasteiger partial charge in [0.05, 0.1) is 5.52 Å². The molecule has 1 aromatic carbocycles. The molecule has 4 nitrogen and oxygen atoms in total. The number of rotatable bonds is 2. The van der Waals surface area contributed by atoms with Gasteiger partial charge in [-0.15, -0.1) is 0 Å². The summed E-state index contributed by atoms with van der Waals surface area (Å²) < 4.78 is 46.5. The van der Waals surface area contributed by atoms with Gasteiger partial charge in [-0.1, -0.05) is 18.6 Å². The highest BCUT2D eigenvalue weighted by molar-refractivity contribution is 5.86. The minimum atomic E-state index is -4.49. The van der Waals surface area contributed by atoms with E-state index >= 15 is 0 Å². The SMILES string of the molecule is COC1(c2cccc3[nH]nc(C(F)(F)F)c23)C2CCCC1CNC2. The van der Waals surface area contributed by atoms with Crippen molar-refractivity contribution in [3.8, 4) is 0 Å². The van der Waals surface area contributed by atoms with Crippen LogP contribution in [0.4, 0.5) is 13.2 Å². The second kappa shape index (κ2) is 5.46. The summed E-state index contributed by atoms with van der Waals surface area (Å²) in [4.78, 5) is 0. The van der Waals surface area contributed by atoms with Gasteiger partial charge in [-0.2, -0.15) is 18.3 Å². The Bertz CT molecular complexity index is 733. The Labute approximate surface area is 137 Å². The first-order chi connectivity index (χ1) is 11.5. The van der Waals surface area contributed by atoms with Gasteiger partial charge in [0, 0.05) is 37.4 Å². The summed E-state index contributed by atoms with van der Waals surface area (Å²) in [6.07, 6.45) is -1.50. The fourth-order valence-corrected chi connectivity index (χ4v) is 4.80. The number of halogens is 3. The zero-order valence-corrected chi connectivity index (χ0v) is 13.4. The molecule has 2 atom stereocenters. The summed E-state index contributed by atoms with van der Waals surface area (Å²) in [7, 11) is 1.63. The Morgan fingerprint density at radius 2 is 1.92 bits per heavy atom. The van der Waals surface area contributed by atoms with E-state index in [0.29, 0.717) is 11.1 Å². The van der Waals surface area contributed by atoms with Gasteiger partial charge in [0.15, 0.2) is 5.69 Å². The van der Waals surface area contributed by atoms with Crippen LogP contribution in [0.1, 0.15) is 30.5 Å². The van der Waals surface area contributed by atoms with Crippen LogP contribution in [0.25, 0.3) is 10.9 Å². The maximum atomic E-state index is 13.5. The van der Waals surface area contributed by atoms with Crippen LogP contribution in [0.15, 0.2) is 18.2 Å². The van der Waals surface area contributed by atoms with Crippen LogP contribution in [0.5, 0.6) is 0 Å². The van der Waals surface area contributed by atoms with Crippen molar-refractivity contribution in [2.75, 3.05) is 20.2 Å². The maximum absolute atomic E-state index is 13.5. The molecule has 2 aromatic rings. The van der Waals surface area contributed by atoms with Crippen molar-refractivity contribution >= 4 is 10.9 Å². The Morgan fingerprint density at radius 1 is 1.21 bits per heavy atom. The molecule has 2 N–H and O–H groups in total. The van der Waals surface area contributed by atoms with Gasteiger partial charge in [-0.05, 0) is 24.5 Å². The van der Waals surface area contributed by atoms with Gasteiger partial charge < -0.3 is 10.1 Å². The first-order valence-electron chi connectivity index (χ1n) is 8.29. The van der Waals surface area contributed by atoms with E-state index in [4.69, 9.17) is 4.74 Å². The molecular weight excluding hydrogens is 319 g/mol. The van der Waals surface area contributed by atoms with Gasteiger partial charge in [0.25, 0.3) is 0 Å². The zero-order valence-electron chi connectivity index (χ0n) is 13.4. The van der Waals surface area contributed by atoms with Crippen molar-refractivity contribution in [2.24, 2.45) is 11.8 Å². The van der Waals surface area contributed by atoms with Crippen molar-refractivity contribution in [1.82, 2.24) is 15.5 Å². The Hall–Kier alpha value is -1.60. The second-order valence-corrected chi connectivity index (χ2v) is 6.78. The van der Waals surface area contributed by atoms with Crippen molar-refractivity contribution in [1.29, 1.82) is 0 Å². The van der Waals surface area contributed by atoms with E-state index in [9.17, 15) is 13.2 Å². The third kappa shape index (κ3) is 2.10. The number of benzene rings is 1. The molecule has 2 bridgehead atoms. The number of aromatic amines is 1. The van der Waals surface area contributed by atoms with Crippen molar-refractivity contribution in [2.45, 2.75) is 31.0 Å². The van der Waals surface area contributed by atoms with Gasteiger partial charge in [0.1, 0.15) is 5.60 Å². The smallest absolute Gasteiger partial charge is 0.373 e. The van der Waals surface area contributed by atoms with E-state index in [1.165, 1.54) is 0 Å². The molecule has 1 aromatic heterocycles. The number of fused-ring (bicyclic) bond motifs is 3. The normalized spacial score (nSPS) is 30.7. The standard InChI is InChI=1S/C17H20F3N3O/c1-24-16(10-4-2-5-11(16)9-21-8-10)12-6-3-7-13-14(12)15(23-22-13)17(18,19)20/h3,6-7,10-11,21H,2,4-5,8-9H2,1H3,(H,22,23). The van der Waals surface area contributed by atoms with E-state index in [1.54, 1.807) is 25.3 Å². The lowest BCUT2D eigenvalue weighted by Gasteiger charge is -2.52. The number of aromatic nitrogens is 2. The van der Waals surface area contributed by atoms with Gasteiger partial charge in [-0.25, -0.2) is 0 Å². The Kier molecular flexibility index (Phi) is 3.61. The third-order valence-electron chi connectivity index (χ3n) is 5.72. The number of nitrogens with zero attached hydrogens (tertiary/aromatic N) is 1. The summed E-state index contributed by atoms with van der Waals surface area (Å²) >= 11 is 0. The fourth-order valence-electron chi connectivity index (χ4n) is 4.80. The third-order valence-corrected chi connectivity index (χ3v) is 5.72. The van der Waals surface area contributed by atoms with E-state index in [0.717, 1.165) is 32.4 Å². The highest BCUT2D eigenvalue weighted by atomic mass is 19.4. The minimum Gasteiger partial charge on any atom is -0.373 e. The molecule has 4 rings (SSSR count). The Morgan fingerprint density at radius 3 is 2.54 bits per heavy atom. The first-order valence-corrected chi connectivity index (χ1v) is 8.29. The lowest BCUT2D eigenvalue weighted by molar-refractivity contribution is -0.145. The molecule has 7 heteroatoms. The summed E-state index contributed by atoms with van der Waals surface area (Å²) in [6.45, 7) is 1.53. The number of nitrogens with one attached hydrogen (secondary N) is 2. The number of alkyl halides is 3. The van der Waals surface area contributed by atoms with Crippen LogP contribution < -0.4 is 5.32 Å². The molecule has 1 aliphatic carbocycles.